The maximum absolute atomic E-state index is 12.9. The fraction of sp³-hybridized carbons (Fsp3) is 0.500. The van der Waals surface area contributed by atoms with Crippen LogP contribution in [0.3, 0.4) is 0 Å². The molecular formula is C14H15F3N2S. The van der Waals surface area contributed by atoms with Gasteiger partial charge in [-0.15, -0.1) is 0 Å². The molecule has 1 unspecified atom stereocenters. The van der Waals surface area contributed by atoms with Gasteiger partial charge in [-0.2, -0.15) is 13.2 Å². The highest BCUT2D eigenvalue weighted by atomic mass is 32.2. The predicted molar refractivity (Wildman–Crippen MR) is 74.7 cm³/mol. The topological polar surface area (TPSA) is 24.4 Å². The first kappa shape index (κ1) is 13.8. The van der Waals surface area contributed by atoms with Gasteiger partial charge in [0.25, 0.3) is 0 Å². The molecule has 1 aliphatic heterocycles. The quantitative estimate of drug-likeness (QED) is 0.921. The average molecular weight is 300 g/mol. The lowest BCUT2D eigenvalue weighted by molar-refractivity contribution is -0.138. The molecular weight excluding hydrogens is 285 g/mol. The Labute approximate surface area is 119 Å². The van der Waals surface area contributed by atoms with Gasteiger partial charge in [-0.25, -0.2) is 0 Å². The Kier molecular flexibility index (Phi) is 3.67. The van der Waals surface area contributed by atoms with Crippen LogP contribution >= 0.6 is 11.8 Å². The first-order valence-electron chi connectivity index (χ1n) is 6.64. The van der Waals surface area contributed by atoms with Crippen LogP contribution in [0, 0.1) is 5.92 Å². The van der Waals surface area contributed by atoms with E-state index in [2.05, 4.69) is 10.3 Å². The van der Waals surface area contributed by atoms with E-state index >= 15 is 0 Å². The summed E-state index contributed by atoms with van der Waals surface area (Å²) in [5.41, 5.74) is -0.312. The van der Waals surface area contributed by atoms with Crippen LogP contribution in [0.1, 0.15) is 24.0 Å². The van der Waals surface area contributed by atoms with E-state index in [9.17, 15) is 13.2 Å². The van der Waals surface area contributed by atoms with Gasteiger partial charge in [0.15, 0.2) is 5.17 Å². The largest absolute Gasteiger partial charge is 0.416 e. The van der Waals surface area contributed by atoms with Crippen molar-refractivity contribution < 1.29 is 13.2 Å². The van der Waals surface area contributed by atoms with Crippen molar-refractivity contribution in [3.63, 3.8) is 0 Å². The molecule has 1 heterocycles. The number of halogens is 3. The summed E-state index contributed by atoms with van der Waals surface area (Å²) in [6.45, 7) is 0.956. The van der Waals surface area contributed by atoms with Crippen LogP contribution in [0.5, 0.6) is 0 Å². The highest BCUT2D eigenvalue weighted by Crippen LogP contribution is 2.41. The lowest BCUT2D eigenvalue weighted by Gasteiger charge is -2.13. The Bertz CT molecular complexity index is 523. The molecule has 0 saturated heterocycles. The van der Waals surface area contributed by atoms with E-state index in [1.165, 1.54) is 25.0 Å². The molecule has 2 nitrogen and oxygen atoms in total. The second-order valence-electron chi connectivity index (χ2n) is 5.15. The second kappa shape index (κ2) is 5.31. The minimum Gasteiger partial charge on any atom is -0.361 e. The molecule has 20 heavy (non-hydrogen) atoms. The molecule has 2 aliphatic rings. The molecule has 1 aromatic rings. The SMILES string of the molecule is FC(F)(F)c1ccccc1CNC1=NCC(C2CC2)S1. The van der Waals surface area contributed by atoms with Crippen molar-refractivity contribution in [2.45, 2.75) is 30.8 Å². The Hall–Kier alpha value is -1.17. The molecule has 6 heteroatoms. The van der Waals surface area contributed by atoms with E-state index < -0.39 is 11.7 Å². The molecule has 1 N–H and O–H groups in total. The first-order valence-corrected chi connectivity index (χ1v) is 7.52. The zero-order valence-corrected chi connectivity index (χ0v) is 11.6. The molecule has 0 amide bonds. The zero-order chi connectivity index (χ0) is 14.2. The van der Waals surface area contributed by atoms with E-state index in [1.54, 1.807) is 17.8 Å². The average Bonchev–Trinajstić information content (AvgIpc) is 3.15. The molecule has 0 spiro atoms. The second-order valence-corrected chi connectivity index (χ2v) is 6.38. The molecule has 3 rings (SSSR count). The zero-order valence-electron chi connectivity index (χ0n) is 10.8. The van der Waals surface area contributed by atoms with Crippen molar-refractivity contribution in [2.75, 3.05) is 6.54 Å². The molecule has 108 valence electrons. The van der Waals surface area contributed by atoms with Crippen LogP contribution in [-0.4, -0.2) is 17.0 Å². The van der Waals surface area contributed by atoms with Gasteiger partial charge >= 0.3 is 6.18 Å². The standard InChI is InChI=1S/C14H15F3N2S/c15-14(16,17)11-4-2-1-3-10(11)7-18-13-19-8-12(20-13)9-5-6-9/h1-4,9,12H,5-8H2,(H,18,19). The molecule has 1 aromatic carbocycles. The van der Waals surface area contributed by atoms with Crippen LogP contribution in [0.15, 0.2) is 29.3 Å². The smallest absolute Gasteiger partial charge is 0.361 e. The van der Waals surface area contributed by atoms with Gasteiger partial charge in [0, 0.05) is 11.8 Å². The summed E-state index contributed by atoms with van der Waals surface area (Å²) in [5.74, 6) is 0.755. The summed E-state index contributed by atoms with van der Waals surface area (Å²) in [6, 6.07) is 5.67. The van der Waals surface area contributed by atoms with Crippen molar-refractivity contribution >= 4 is 16.9 Å². The molecule has 1 fully saturated rings. The Morgan fingerprint density at radius 2 is 2.00 bits per heavy atom. The summed E-state index contributed by atoms with van der Waals surface area (Å²) < 4.78 is 38.6. The van der Waals surface area contributed by atoms with Crippen molar-refractivity contribution in [1.82, 2.24) is 5.32 Å². The van der Waals surface area contributed by atoms with Crippen LogP contribution in [-0.2, 0) is 12.7 Å². The van der Waals surface area contributed by atoms with Gasteiger partial charge in [0.1, 0.15) is 0 Å². The highest BCUT2D eigenvalue weighted by molar-refractivity contribution is 8.14. The summed E-state index contributed by atoms with van der Waals surface area (Å²) in [7, 11) is 0. The van der Waals surface area contributed by atoms with E-state index in [1.807, 2.05) is 0 Å². The Morgan fingerprint density at radius 3 is 2.70 bits per heavy atom. The number of benzene rings is 1. The Morgan fingerprint density at radius 1 is 1.25 bits per heavy atom. The van der Waals surface area contributed by atoms with Gasteiger partial charge in [-0.3, -0.25) is 4.99 Å². The number of amidine groups is 1. The van der Waals surface area contributed by atoms with E-state index in [-0.39, 0.29) is 12.1 Å². The predicted octanol–water partition coefficient (Wildman–Crippen LogP) is 3.68. The van der Waals surface area contributed by atoms with Crippen LogP contribution in [0.25, 0.3) is 0 Å². The van der Waals surface area contributed by atoms with Crippen molar-refractivity contribution in [3.8, 4) is 0 Å². The van der Waals surface area contributed by atoms with Crippen molar-refractivity contribution in [1.29, 1.82) is 0 Å². The normalized spacial score (nSPS) is 22.8. The molecule has 1 aliphatic carbocycles. The minimum atomic E-state index is -4.31. The van der Waals surface area contributed by atoms with Gasteiger partial charge in [-0.05, 0) is 30.4 Å². The third kappa shape index (κ3) is 3.11. The number of alkyl halides is 3. The molecule has 1 atom stereocenters. The summed E-state index contributed by atoms with van der Waals surface area (Å²) in [4.78, 5) is 4.37. The van der Waals surface area contributed by atoms with Crippen LogP contribution in [0.4, 0.5) is 13.2 Å². The molecule has 1 saturated carbocycles. The van der Waals surface area contributed by atoms with E-state index in [0.717, 1.165) is 23.7 Å². The maximum Gasteiger partial charge on any atom is 0.416 e. The van der Waals surface area contributed by atoms with Crippen LogP contribution < -0.4 is 5.32 Å². The molecule has 0 radical (unpaired) electrons. The van der Waals surface area contributed by atoms with E-state index in [0.29, 0.717) is 5.25 Å². The Balaban J connectivity index is 1.61. The van der Waals surface area contributed by atoms with Gasteiger partial charge in [-0.1, -0.05) is 30.0 Å². The fourth-order valence-electron chi connectivity index (χ4n) is 2.32. The van der Waals surface area contributed by atoms with Gasteiger partial charge in [0.2, 0.25) is 0 Å². The lowest BCUT2D eigenvalue weighted by Crippen LogP contribution is -2.21. The number of thioether (sulfide) groups is 1. The maximum atomic E-state index is 12.9. The number of rotatable bonds is 3. The van der Waals surface area contributed by atoms with Gasteiger partial charge < -0.3 is 5.32 Å². The third-order valence-electron chi connectivity index (χ3n) is 3.58. The number of nitrogens with one attached hydrogen (secondary N) is 1. The minimum absolute atomic E-state index is 0.166. The number of nitrogens with zero attached hydrogens (tertiary/aromatic N) is 1. The first-order chi connectivity index (χ1) is 9.54. The number of hydrogen-bond donors (Lipinski definition) is 1. The lowest BCUT2D eigenvalue weighted by atomic mass is 10.1. The summed E-state index contributed by atoms with van der Waals surface area (Å²) >= 11 is 1.67. The summed E-state index contributed by atoms with van der Waals surface area (Å²) in [5, 5.41) is 4.34. The molecule has 0 aromatic heterocycles. The summed E-state index contributed by atoms with van der Waals surface area (Å²) in [6.07, 6.45) is -1.78. The number of hydrogen-bond acceptors (Lipinski definition) is 3. The molecule has 0 bridgehead atoms. The fourth-order valence-corrected chi connectivity index (χ4v) is 3.53. The number of aliphatic imine (C=N–C) groups is 1. The van der Waals surface area contributed by atoms with Crippen molar-refractivity contribution in [3.05, 3.63) is 35.4 Å². The van der Waals surface area contributed by atoms with Gasteiger partial charge in [0.05, 0.1) is 12.1 Å². The van der Waals surface area contributed by atoms with Crippen LogP contribution in [0.2, 0.25) is 0 Å². The monoisotopic (exact) mass is 300 g/mol. The van der Waals surface area contributed by atoms with E-state index in [4.69, 9.17) is 0 Å². The third-order valence-corrected chi connectivity index (χ3v) is 4.91. The highest BCUT2D eigenvalue weighted by Gasteiger charge is 2.36. The van der Waals surface area contributed by atoms with Crippen molar-refractivity contribution in [2.24, 2.45) is 10.9 Å².